The van der Waals surface area contributed by atoms with E-state index in [1.165, 1.54) is 6.39 Å². The summed E-state index contributed by atoms with van der Waals surface area (Å²) in [4.78, 5) is 0. The molecule has 2 rings (SSSR count). The van der Waals surface area contributed by atoms with Gasteiger partial charge in [-0.2, -0.15) is 0 Å². The largest absolute Gasteiger partial charge is 0.423 e. The van der Waals surface area contributed by atoms with Crippen LogP contribution in [0, 0.1) is 6.92 Å². The van der Waals surface area contributed by atoms with Crippen molar-refractivity contribution in [1.29, 1.82) is 0 Å². The molecule has 1 aromatic heterocycles. The zero-order valence-electron chi connectivity index (χ0n) is 6.99. The standard InChI is InChI=1S/C9H7ClN2O/c1-6-3-2-4-7(10)8(6)9-12-11-5-13-9/h2-5H,1H3. The summed E-state index contributed by atoms with van der Waals surface area (Å²) in [6.45, 7) is 1.95. The summed E-state index contributed by atoms with van der Waals surface area (Å²) in [6.07, 6.45) is 1.29. The van der Waals surface area contributed by atoms with Crippen molar-refractivity contribution < 1.29 is 4.42 Å². The van der Waals surface area contributed by atoms with Crippen LogP contribution >= 0.6 is 11.6 Å². The Hall–Kier alpha value is -1.35. The number of halogens is 1. The van der Waals surface area contributed by atoms with E-state index in [1.54, 1.807) is 6.07 Å². The lowest BCUT2D eigenvalue weighted by Crippen LogP contribution is -1.84. The van der Waals surface area contributed by atoms with Gasteiger partial charge in [0.15, 0.2) is 0 Å². The zero-order valence-corrected chi connectivity index (χ0v) is 7.75. The van der Waals surface area contributed by atoms with Crippen molar-refractivity contribution in [2.75, 3.05) is 0 Å². The molecule has 0 aliphatic heterocycles. The summed E-state index contributed by atoms with van der Waals surface area (Å²) < 4.78 is 5.07. The van der Waals surface area contributed by atoms with Gasteiger partial charge in [-0.1, -0.05) is 23.7 Å². The number of aryl methyl sites for hydroxylation is 1. The molecule has 0 N–H and O–H groups in total. The lowest BCUT2D eigenvalue weighted by Gasteiger charge is -2.01. The number of benzene rings is 1. The van der Waals surface area contributed by atoms with E-state index in [-0.39, 0.29) is 0 Å². The van der Waals surface area contributed by atoms with Crippen molar-refractivity contribution in [1.82, 2.24) is 10.2 Å². The summed E-state index contributed by atoms with van der Waals surface area (Å²) in [5.41, 5.74) is 1.83. The Morgan fingerprint density at radius 1 is 1.38 bits per heavy atom. The van der Waals surface area contributed by atoms with E-state index >= 15 is 0 Å². The van der Waals surface area contributed by atoms with Crippen molar-refractivity contribution >= 4 is 11.6 Å². The Balaban J connectivity index is 2.64. The average molecular weight is 195 g/mol. The minimum Gasteiger partial charge on any atom is -0.423 e. The maximum absolute atomic E-state index is 5.99. The summed E-state index contributed by atoms with van der Waals surface area (Å²) in [5.74, 6) is 0.461. The first-order chi connectivity index (χ1) is 6.29. The number of rotatable bonds is 1. The molecule has 0 fully saturated rings. The molecule has 2 aromatic rings. The highest BCUT2D eigenvalue weighted by Crippen LogP contribution is 2.28. The van der Waals surface area contributed by atoms with Crippen LogP contribution in [0.1, 0.15) is 5.56 Å². The monoisotopic (exact) mass is 194 g/mol. The highest BCUT2D eigenvalue weighted by molar-refractivity contribution is 6.33. The third-order valence-electron chi connectivity index (χ3n) is 1.80. The van der Waals surface area contributed by atoms with Gasteiger partial charge in [0.1, 0.15) is 0 Å². The summed E-state index contributed by atoms with van der Waals surface area (Å²) in [6, 6.07) is 5.64. The molecule has 66 valence electrons. The highest BCUT2D eigenvalue weighted by atomic mass is 35.5. The first kappa shape index (κ1) is 8.26. The van der Waals surface area contributed by atoms with Crippen molar-refractivity contribution in [3.8, 4) is 11.5 Å². The van der Waals surface area contributed by atoms with Crippen LogP contribution in [-0.2, 0) is 0 Å². The van der Waals surface area contributed by atoms with E-state index in [4.69, 9.17) is 16.0 Å². The van der Waals surface area contributed by atoms with Gasteiger partial charge in [0.2, 0.25) is 12.3 Å². The first-order valence-electron chi connectivity index (χ1n) is 3.80. The van der Waals surface area contributed by atoms with Crippen LogP contribution in [0.3, 0.4) is 0 Å². The molecular weight excluding hydrogens is 188 g/mol. The number of nitrogens with zero attached hydrogens (tertiary/aromatic N) is 2. The van der Waals surface area contributed by atoms with Gasteiger partial charge < -0.3 is 4.42 Å². The van der Waals surface area contributed by atoms with Crippen LogP contribution in [0.2, 0.25) is 5.02 Å². The van der Waals surface area contributed by atoms with E-state index < -0.39 is 0 Å². The second-order valence-electron chi connectivity index (χ2n) is 2.68. The molecule has 0 atom stereocenters. The van der Waals surface area contributed by atoms with Crippen LogP contribution < -0.4 is 0 Å². The molecule has 0 amide bonds. The Labute approximate surface area is 80.4 Å². The average Bonchev–Trinajstić information content (AvgIpc) is 2.57. The third kappa shape index (κ3) is 1.42. The lowest BCUT2D eigenvalue weighted by atomic mass is 10.1. The molecule has 0 aliphatic rings. The quantitative estimate of drug-likeness (QED) is 0.701. The van der Waals surface area contributed by atoms with Gasteiger partial charge in [0.05, 0.1) is 10.6 Å². The van der Waals surface area contributed by atoms with Crippen LogP contribution in [0.4, 0.5) is 0 Å². The first-order valence-corrected chi connectivity index (χ1v) is 4.18. The molecule has 0 unspecified atom stereocenters. The Bertz CT molecular complexity index is 391. The van der Waals surface area contributed by atoms with Crippen molar-refractivity contribution in [3.63, 3.8) is 0 Å². The topological polar surface area (TPSA) is 38.9 Å². The molecule has 0 saturated carbocycles. The van der Waals surface area contributed by atoms with E-state index in [0.29, 0.717) is 10.9 Å². The molecule has 1 heterocycles. The summed E-state index contributed by atoms with van der Waals surface area (Å²) in [7, 11) is 0. The van der Waals surface area contributed by atoms with E-state index in [9.17, 15) is 0 Å². The van der Waals surface area contributed by atoms with Crippen LogP contribution in [0.15, 0.2) is 29.0 Å². The van der Waals surface area contributed by atoms with Crippen molar-refractivity contribution in [3.05, 3.63) is 35.2 Å². The number of hydrogen-bond donors (Lipinski definition) is 0. The van der Waals surface area contributed by atoms with Gasteiger partial charge in [-0.3, -0.25) is 0 Å². The molecule has 1 aromatic carbocycles. The molecular formula is C9H7ClN2O. The van der Waals surface area contributed by atoms with Crippen molar-refractivity contribution in [2.24, 2.45) is 0 Å². The maximum Gasteiger partial charge on any atom is 0.249 e. The molecule has 0 saturated heterocycles. The van der Waals surface area contributed by atoms with Gasteiger partial charge in [-0.15, -0.1) is 10.2 Å². The maximum atomic E-state index is 5.99. The van der Waals surface area contributed by atoms with Gasteiger partial charge in [0.25, 0.3) is 0 Å². The van der Waals surface area contributed by atoms with E-state index in [0.717, 1.165) is 11.1 Å². The fourth-order valence-electron chi connectivity index (χ4n) is 1.18. The van der Waals surface area contributed by atoms with Gasteiger partial charge in [-0.25, -0.2) is 0 Å². The fourth-order valence-corrected chi connectivity index (χ4v) is 1.49. The zero-order chi connectivity index (χ0) is 9.26. The normalized spacial score (nSPS) is 10.3. The SMILES string of the molecule is Cc1cccc(Cl)c1-c1nnco1. The molecule has 13 heavy (non-hydrogen) atoms. The molecule has 3 nitrogen and oxygen atoms in total. The van der Waals surface area contributed by atoms with Crippen molar-refractivity contribution in [2.45, 2.75) is 6.92 Å². The fraction of sp³-hybridized carbons (Fsp3) is 0.111. The second kappa shape index (κ2) is 3.18. The minimum absolute atomic E-state index is 0.461. The Morgan fingerprint density at radius 2 is 2.23 bits per heavy atom. The Kier molecular flexibility index (Phi) is 2.02. The Morgan fingerprint density at radius 3 is 2.85 bits per heavy atom. The van der Waals surface area contributed by atoms with Gasteiger partial charge >= 0.3 is 0 Å². The van der Waals surface area contributed by atoms with E-state index in [2.05, 4.69) is 10.2 Å². The minimum atomic E-state index is 0.461. The van der Waals surface area contributed by atoms with Gasteiger partial charge in [0, 0.05) is 0 Å². The second-order valence-corrected chi connectivity index (χ2v) is 3.08. The summed E-state index contributed by atoms with van der Waals surface area (Å²) in [5, 5.41) is 8.04. The van der Waals surface area contributed by atoms with Crippen LogP contribution in [0.25, 0.3) is 11.5 Å². The number of hydrogen-bond acceptors (Lipinski definition) is 3. The number of aromatic nitrogens is 2. The van der Waals surface area contributed by atoms with E-state index in [1.807, 2.05) is 19.1 Å². The molecule has 4 heteroatoms. The smallest absolute Gasteiger partial charge is 0.249 e. The summed E-state index contributed by atoms with van der Waals surface area (Å²) >= 11 is 5.99. The van der Waals surface area contributed by atoms with Gasteiger partial charge in [-0.05, 0) is 18.6 Å². The molecule has 0 aliphatic carbocycles. The highest BCUT2D eigenvalue weighted by Gasteiger charge is 2.10. The van der Waals surface area contributed by atoms with Crippen LogP contribution in [-0.4, -0.2) is 10.2 Å². The van der Waals surface area contributed by atoms with Crippen LogP contribution in [0.5, 0.6) is 0 Å². The molecule has 0 spiro atoms. The third-order valence-corrected chi connectivity index (χ3v) is 2.11. The lowest BCUT2D eigenvalue weighted by molar-refractivity contribution is 0.568. The predicted octanol–water partition coefficient (Wildman–Crippen LogP) is 2.70. The molecule has 0 radical (unpaired) electrons. The molecule has 0 bridgehead atoms. The predicted molar refractivity (Wildman–Crippen MR) is 49.5 cm³/mol.